The molecular weight excluding hydrogens is 206 g/mol. The fourth-order valence-electron chi connectivity index (χ4n) is 1.57. The minimum atomic E-state index is -0.244. The molecule has 1 atom stereocenters. The maximum atomic E-state index is 10.8. The van der Waals surface area contributed by atoms with E-state index in [1.165, 1.54) is 12.8 Å². The number of aromatic nitrogens is 2. The van der Waals surface area contributed by atoms with Gasteiger partial charge in [-0.15, -0.1) is 0 Å². The minimum absolute atomic E-state index is 0.0743. The first kappa shape index (κ1) is 11.1. The maximum Gasteiger partial charge on any atom is 0.229 e. The van der Waals surface area contributed by atoms with Crippen LogP contribution in [0.15, 0.2) is 4.52 Å². The van der Waals surface area contributed by atoms with E-state index in [0.717, 1.165) is 31.0 Å². The lowest BCUT2D eigenvalue weighted by atomic mass is 10.0. The highest BCUT2D eigenvalue weighted by atomic mass is 16.5. The second-order valence-electron chi connectivity index (χ2n) is 4.52. The molecule has 16 heavy (non-hydrogen) atoms. The summed E-state index contributed by atoms with van der Waals surface area (Å²) in [7, 11) is 0. The molecule has 2 N–H and O–H groups in total. The molecule has 0 bridgehead atoms. The molecule has 0 unspecified atom stereocenters. The average Bonchev–Trinajstić information content (AvgIpc) is 2.99. The van der Waals surface area contributed by atoms with Crippen molar-refractivity contribution in [2.24, 2.45) is 11.7 Å². The van der Waals surface area contributed by atoms with E-state index in [4.69, 9.17) is 10.3 Å². The number of carbonyl (C=O) groups excluding carboxylic acids is 1. The fraction of sp³-hybridized carbons (Fsp3) is 0.727. The van der Waals surface area contributed by atoms with Crippen LogP contribution in [-0.4, -0.2) is 16.0 Å². The van der Waals surface area contributed by atoms with Gasteiger partial charge in [0.25, 0.3) is 0 Å². The Kier molecular flexibility index (Phi) is 3.22. The zero-order chi connectivity index (χ0) is 11.5. The topological polar surface area (TPSA) is 82.0 Å². The number of hydrogen-bond acceptors (Lipinski definition) is 4. The summed E-state index contributed by atoms with van der Waals surface area (Å²) in [6, 6.07) is 0. The molecule has 5 heteroatoms. The molecule has 1 aliphatic carbocycles. The number of primary amides is 1. The monoisotopic (exact) mass is 223 g/mol. The van der Waals surface area contributed by atoms with Gasteiger partial charge in [-0.25, -0.2) is 0 Å². The molecule has 0 aromatic carbocycles. The van der Waals surface area contributed by atoms with Gasteiger partial charge in [0, 0.05) is 18.3 Å². The van der Waals surface area contributed by atoms with Crippen molar-refractivity contribution in [3.05, 3.63) is 11.7 Å². The van der Waals surface area contributed by atoms with E-state index in [1.54, 1.807) is 0 Å². The van der Waals surface area contributed by atoms with Crippen LogP contribution in [0.4, 0.5) is 0 Å². The van der Waals surface area contributed by atoms with Gasteiger partial charge >= 0.3 is 0 Å². The number of amides is 1. The molecule has 88 valence electrons. The second kappa shape index (κ2) is 4.63. The number of hydrogen-bond donors (Lipinski definition) is 1. The third kappa shape index (κ3) is 2.81. The summed E-state index contributed by atoms with van der Waals surface area (Å²) in [5, 5.41) is 3.92. The zero-order valence-corrected chi connectivity index (χ0v) is 9.48. The van der Waals surface area contributed by atoms with Crippen LogP contribution in [0.5, 0.6) is 0 Å². The smallest absolute Gasteiger partial charge is 0.229 e. The van der Waals surface area contributed by atoms with E-state index in [9.17, 15) is 4.79 Å². The SMILES string of the molecule is C[C@@H](CCCc1noc(C2CC2)n1)C(N)=O. The van der Waals surface area contributed by atoms with Crippen LogP contribution in [0.1, 0.15) is 50.2 Å². The first-order valence-electron chi connectivity index (χ1n) is 5.78. The molecule has 0 saturated heterocycles. The Morgan fingerprint density at radius 3 is 3.00 bits per heavy atom. The summed E-state index contributed by atoms with van der Waals surface area (Å²) >= 11 is 0. The van der Waals surface area contributed by atoms with Gasteiger partial charge in [0.15, 0.2) is 5.82 Å². The first-order valence-corrected chi connectivity index (χ1v) is 5.78. The summed E-state index contributed by atoms with van der Waals surface area (Å²) in [4.78, 5) is 15.1. The predicted molar refractivity (Wildman–Crippen MR) is 57.6 cm³/mol. The van der Waals surface area contributed by atoms with Crippen molar-refractivity contribution in [3.8, 4) is 0 Å². The van der Waals surface area contributed by atoms with Gasteiger partial charge < -0.3 is 10.3 Å². The van der Waals surface area contributed by atoms with Gasteiger partial charge in [0.1, 0.15) is 0 Å². The van der Waals surface area contributed by atoms with E-state index in [0.29, 0.717) is 5.92 Å². The van der Waals surface area contributed by atoms with Crippen LogP contribution in [0.2, 0.25) is 0 Å². The summed E-state index contributed by atoms with van der Waals surface area (Å²) in [6.45, 7) is 1.84. The molecule has 1 amide bonds. The molecule has 1 aliphatic rings. The Balaban J connectivity index is 1.74. The van der Waals surface area contributed by atoms with Gasteiger partial charge in [-0.3, -0.25) is 4.79 Å². The Morgan fingerprint density at radius 2 is 2.38 bits per heavy atom. The zero-order valence-electron chi connectivity index (χ0n) is 9.48. The highest BCUT2D eigenvalue weighted by Crippen LogP contribution is 2.38. The highest BCUT2D eigenvalue weighted by Gasteiger charge is 2.29. The lowest BCUT2D eigenvalue weighted by molar-refractivity contribution is -0.121. The highest BCUT2D eigenvalue weighted by molar-refractivity contribution is 5.76. The van der Waals surface area contributed by atoms with Gasteiger partial charge in [0.05, 0.1) is 0 Å². The van der Waals surface area contributed by atoms with Gasteiger partial charge in [-0.2, -0.15) is 4.98 Å². The summed E-state index contributed by atoms with van der Waals surface area (Å²) in [6.07, 6.45) is 4.74. The van der Waals surface area contributed by atoms with Gasteiger partial charge in [-0.1, -0.05) is 12.1 Å². The molecular formula is C11H17N3O2. The molecule has 0 aliphatic heterocycles. The quantitative estimate of drug-likeness (QED) is 0.790. The van der Waals surface area contributed by atoms with Crippen LogP contribution < -0.4 is 5.73 Å². The third-order valence-electron chi connectivity index (χ3n) is 2.93. The summed E-state index contributed by atoms with van der Waals surface area (Å²) in [5.41, 5.74) is 5.18. The Hall–Kier alpha value is -1.39. The maximum absolute atomic E-state index is 10.8. The molecule has 2 rings (SSSR count). The third-order valence-corrected chi connectivity index (χ3v) is 2.93. The molecule has 0 spiro atoms. The Morgan fingerprint density at radius 1 is 1.62 bits per heavy atom. The fourth-order valence-corrected chi connectivity index (χ4v) is 1.57. The van der Waals surface area contributed by atoms with Crippen LogP contribution in [0.3, 0.4) is 0 Å². The number of carbonyl (C=O) groups is 1. The largest absolute Gasteiger partial charge is 0.369 e. The van der Waals surface area contributed by atoms with Crippen molar-refractivity contribution in [1.82, 2.24) is 10.1 Å². The van der Waals surface area contributed by atoms with Crippen molar-refractivity contribution < 1.29 is 9.32 Å². The molecule has 5 nitrogen and oxygen atoms in total. The van der Waals surface area contributed by atoms with E-state index < -0.39 is 0 Å². The van der Waals surface area contributed by atoms with Gasteiger partial charge in [-0.05, 0) is 25.7 Å². The molecule has 1 aromatic heterocycles. The number of aryl methyl sites for hydroxylation is 1. The van der Waals surface area contributed by atoms with Gasteiger partial charge in [0.2, 0.25) is 11.8 Å². The molecule has 1 heterocycles. The minimum Gasteiger partial charge on any atom is -0.369 e. The van der Waals surface area contributed by atoms with E-state index in [1.807, 2.05) is 6.92 Å². The van der Waals surface area contributed by atoms with E-state index in [-0.39, 0.29) is 11.8 Å². The van der Waals surface area contributed by atoms with Crippen molar-refractivity contribution in [1.29, 1.82) is 0 Å². The number of nitrogens with zero attached hydrogens (tertiary/aromatic N) is 2. The lowest BCUT2D eigenvalue weighted by Gasteiger charge is -2.04. The van der Waals surface area contributed by atoms with Crippen molar-refractivity contribution in [2.75, 3.05) is 0 Å². The van der Waals surface area contributed by atoms with Crippen LogP contribution in [0.25, 0.3) is 0 Å². The molecule has 0 radical (unpaired) electrons. The summed E-state index contributed by atoms with van der Waals surface area (Å²) < 4.78 is 5.14. The summed E-state index contributed by atoms with van der Waals surface area (Å²) in [5.74, 6) is 1.71. The first-order chi connectivity index (χ1) is 7.66. The van der Waals surface area contributed by atoms with Crippen molar-refractivity contribution in [2.45, 2.75) is 44.9 Å². The number of rotatable bonds is 6. The number of nitrogens with two attached hydrogens (primary N) is 1. The van der Waals surface area contributed by atoms with Crippen LogP contribution >= 0.6 is 0 Å². The molecule has 1 fully saturated rings. The Labute approximate surface area is 94.4 Å². The Bertz CT molecular complexity index is 371. The van der Waals surface area contributed by atoms with E-state index in [2.05, 4.69) is 10.1 Å². The van der Waals surface area contributed by atoms with Crippen LogP contribution in [-0.2, 0) is 11.2 Å². The van der Waals surface area contributed by atoms with Crippen LogP contribution in [0, 0.1) is 5.92 Å². The average molecular weight is 223 g/mol. The predicted octanol–water partition coefficient (Wildman–Crippen LogP) is 1.39. The molecule has 1 saturated carbocycles. The van der Waals surface area contributed by atoms with E-state index >= 15 is 0 Å². The van der Waals surface area contributed by atoms with Crippen molar-refractivity contribution in [3.63, 3.8) is 0 Å². The lowest BCUT2D eigenvalue weighted by Crippen LogP contribution is -2.20. The van der Waals surface area contributed by atoms with Crippen molar-refractivity contribution >= 4 is 5.91 Å². The second-order valence-corrected chi connectivity index (χ2v) is 4.52. The molecule has 1 aromatic rings. The normalized spacial score (nSPS) is 17.3. The standard InChI is InChI=1S/C11H17N3O2/c1-7(10(12)15)3-2-4-9-13-11(16-14-9)8-5-6-8/h7-8H,2-6H2,1H3,(H2,12,15)/t7-/m0/s1.